The van der Waals surface area contributed by atoms with Gasteiger partial charge < -0.3 is 14.1 Å². The van der Waals surface area contributed by atoms with Crippen molar-refractivity contribution in [1.82, 2.24) is 0 Å². The summed E-state index contributed by atoms with van der Waals surface area (Å²) in [6.45, 7) is 0. The second-order valence-corrected chi connectivity index (χ2v) is 3.27. The van der Waals surface area contributed by atoms with Crippen LogP contribution >= 0.6 is 0 Å². The van der Waals surface area contributed by atoms with Gasteiger partial charge in [0.1, 0.15) is 0 Å². The monoisotopic (exact) mass is 216 g/mol. The molecule has 0 unspecified atom stereocenters. The molecule has 0 fully saturated rings. The van der Waals surface area contributed by atoms with Crippen LogP contribution in [0.5, 0.6) is 0 Å². The van der Waals surface area contributed by atoms with Crippen molar-refractivity contribution in [3.63, 3.8) is 0 Å². The van der Waals surface area contributed by atoms with Gasteiger partial charge in [-0.05, 0) is 0 Å². The third kappa shape index (κ3) is 8.41. The molecule has 11 heavy (non-hydrogen) atoms. The van der Waals surface area contributed by atoms with Gasteiger partial charge in [0.25, 0.3) is 0 Å². The zero-order valence-electron chi connectivity index (χ0n) is 4.79. The molecule has 0 radical (unpaired) electrons. The maximum Gasteiger partial charge on any atom is 2.00 e. The minimum Gasteiger partial charge on any atom is -0.725 e. The minimum atomic E-state index is -5.46. The number of rotatable bonds is 3. The van der Waals surface area contributed by atoms with Crippen LogP contribution in [0.2, 0.25) is 0 Å². The molecular formula is MgO8S2. The van der Waals surface area contributed by atoms with Crippen LogP contribution in [0.25, 0.3) is 0 Å². The molecule has 11 heteroatoms. The predicted octanol–water partition coefficient (Wildman–Crippen LogP) is -3.38. The molecule has 0 bridgehead atoms. The average Bonchev–Trinajstić information content (AvgIpc) is 1.60. The summed E-state index contributed by atoms with van der Waals surface area (Å²) in [6, 6.07) is 0. The van der Waals surface area contributed by atoms with Gasteiger partial charge >= 0.3 is 33.5 Å². The first-order chi connectivity index (χ1) is 4.27. The van der Waals surface area contributed by atoms with Crippen LogP contribution in [0, 0.1) is 0 Å². The van der Waals surface area contributed by atoms with E-state index in [2.05, 4.69) is 7.96 Å². The molecule has 8 nitrogen and oxygen atoms in total. The zero-order valence-corrected chi connectivity index (χ0v) is 7.84. The quantitative estimate of drug-likeness (QED) is 0.157. The average molecular weight is 216 g/mol. The molecule has 0 aliphatic rings. The van der Waals surface area contributed by atoms with Gasteiger partial charge in [0.15, 0.2) is 0 Å². The number of hydrogen-bond acceptors (Lipinski definition) is 8. The van der Waals surface area contributed by atoms with Crippen LogP contribution in [0.15, 0.2) is 0 Å². The summed E-state index contributed by atoms with van der Waals surface area (Å²) < 4.78 is 52.5. The van der Waals surface area contributed by atoms with E-state index >= 15 is 0 Å². The van der Waals surface area contributed by atoms with Gasteiger partial charge in [0, 0.05) is 0 Å². The Kier molecular flexibility index (Phi) is 5.76. The second-order valence-electron chi connectivity index (χ2n) is 0.953. The molecule has 0 N–H and O–H groups in total. The SMILES string of the molecule is O=S(=O)([O-])OS(=O)(=O)O[O-].[Mg+2]. The molecule has 0 aromatic rings. The number of hydrogen-bond donors (Lipinski definition) is 0. The van der Waals surface area contributed by atoms with Gasteiger partial charge in [0.2, 0.25) is 10.4 Å². The fraction of sp³-hybridized carbons (Fsp3) is 0. The molecule has 0 aliphatic heterocycles. The fourth-order valence-electron chi connectivity index (χ4n) is 0.113. The largest absolute Gasteiger partial charge is 2.00 e. The summed E-state index contributed by atoms with van der Waals surface area (Å²) in [5.41, 5.74) is 0. The van der Waals surface area contributed by atoms with Crippen molar-refractivity contribution < 1.29 is 34.6 Å². The van der Waals surface area contributed by atoms with E-state index in [0.29, 0.717) is 0 Å². The van der Waals surface area contributed by atoms with Gasteiger partial charge in [-0.2, -0.15) is 8.42 Å². The first-order valence-corrected chi connectivity index (χ1v) is 4.17. The second kappa shape index (κ2) is 4.51. The van der Waals surface area contributed by atoms with Crippen LogP contribution in [0.4, 0.5) is 0 Å². The fourth-order valence-corrected chi connectivity index (χ4v) is 1.02. The molecule has 0 saturated carbocycles. The zero-order chi connectivity index (χ0) is 8.41. The maximum absolute atomic E-state index is 9.68. The standard InChI is InChI=1S/Mg.H2O8S2/c;1-7-10(5,6)8-9(2,3)4/h;1H,(H,2,3,4)/q+2;/p-2. The summed E-state index contributed by atoms with van der Waals surface area (Å²) in [4.78, 5) is 0. The van der Waals surface area contributed by atoms with Crippen LogP contribution in [0.1, 0.15) is 0 Å². The van der Waals surface area contributed by atoms with E-state index in [1.54, 1.807) is 0 Å². The van der Waals surface area contributed by atoms with Crippen molar-refractivity contribution in [1.29, 1.82) is 0 Å². The molecule has 0 amide bonds. The topological polar surface area (TPSA) is 133 Å². The Bertz CT molecular complexity index is 280. The Hall–Kier alpha value is 0.506. The third-order valence-electron chi connectivity index (χ3n) is 0.250. The molecule has 0 atom stereocenters. The van der Waals surface area contributed by atoms with Gasteiger partial charge in [-0.3, -0.25) is 0 Å². The third-order valence-corrected chi connectivity index (χ3v) is 1.75. The normalized spacial score (nSPS) is 12.2. The van der Waals surface area contributed by atoms with Crippen molar-refractivity contribution in [2.75, 3.05) is 0 Å². The van der Waals surface area contributed by atoms with Gasteiger partial charge in [-0.25, -0.2) is 8.42 Å². The molecule has 0 aliphatic carbocycles. The molecule has 0 spiro atoms. The van der Waals surface area contributed by atoms with E-state index in [9.17, 15) is 21.4 Å². The van der Waals surface area contributed by atoms with Crippen LogP contribution in [-0.2, 0) is 28.8 Å². The van der Waals surface area contributed by atoms with Crippen molar-refractivity contribution in [3.8, 4) is 0 Å². The molecule has 0 aromatic heterocycles. The van der Waals surface area contributed by atoms with E-state index in [1.807, 2.05) is 0 Å². The molecule has 0 aromatic carbocycles. The van der Waals surface area contributed by atoms with E-state index < -0.39 is 20.8 Å². The van der Waals surface area contributed by atoms with Crippen LogP contribution < -0.4 is 5.26 Å². The predicted molar refractivity (Wildman–Crippen MR) is 26.5 cm³/mol. The minimum absolute atomic E-state index is 0. The molecule has 0 saturated heterocycles. The van der Waals surface area contributed by atoms with Crippen LogP contribution in [-0.4, -0.2) is 44.4 Å². The first-order valence-electron chi connectivity index (χ1n) is 1.50. The van der Waals surface area contributed by atoms with Crippen LogP contribution in [0.3, 0.4) is 0 Å². The Labute approximate surface area is 78.5 Å². The maximum atomic E-state index is 9.68. The van der Waals surface area contributed by atoms with Gasteiger partial charge in [-0.1, -0.05) is 0 Å². The van der Waals surface area contributed by atoms with Crippen molar-refractivity contribution >= 4 is 43.9 Å². The molecule has 0 heterocycles. The Morgan fingerprint density at radius 1 is 1.09 bits per heavy atom. The summed E-state index contributed by atoms with van der Waals surface area (Å²) in [5.74, 6) is 0. The van der Waals surface area contributed by atoms with E-state index in [-0.39, 0.29) is 23.1 Å². The Morgan fingerprint density at radius 3 is 1.55 bits per heavy atom. The molecular weight excluding hydrogens is 216 g/mol. The van der Waals surface area contributed by atoms with Gasteiger partial charge in [-0.15, -0.1) is 3.63 Å². The van der Waals surface area contributed by atoms with Crippen molar-refractivity contribution in [2.45, 2.75) is 0 Å². The Balaban J connectivity index is 0. The van der Waals surface area contributed by atoms with Crippen molar-refractivity contribution in [2.24, 2.45) is 0 Å². The smallest absolute Gasteiger partial charge is 0.725 e. The van der Waals surface area contributed by atoms with E-state index in [4.69, 9.17) is 5.26 Å². The van der Waals surface area contributed by atoms with E-state index in [1.165, 1.54) is 0 Å². The van der Waals surface area contributed by atoms with Crippen molar-refractivity contribution in [3.05, 3.63) is 0 Å². The summed E-state index contributed by atoms with van der Waals surface area (Å²) in [5, 5.41) is 9.01. The summed E-state index contributed by atoms with van der Waals surface area (Å²) in [7, 11) is -10.7. The van der Waals surface area contributed by atoms with Gasteiger partial charge in [0.05, 0.1) is 0 Å². The summed E-state index contributed by atoms with van der Waals surface area (Å²) >= 11 is 0. The summed E-state index contributed by atoms with van der Waals surface area (Å²) in [6.07, 6.45) is 0. The Morgan fingerprint density at radius 2 is 1.45 bits per heavy atom. The first kappa shape index (κ1) is 14.1. The van der Waals surface area contributed by atoms with E-state index in [0.717, 1.165) is 0 Å². The molecule has 62 valence electrons. The molecule has 0 rings (SSSR count).